The van der Waals surface area contributed by atoms with Crippen LogP contribution in [0.1, 0.15) is 108 Å². The third kappa shape index (κ3) is 8.90. The van der Waals surface area contributed by atoms with Crippen molar-refractivity contribution in [2.45, 2.75) is 103 Å². The lowest BCUT2D eigenvalue weighted by molar-refractivity contribution is -0.438. The number of allylic oxidation sites excluding steroid dienone is 6. The van der Waals surface area contributed by atoms with Crippen molar-refractivity contribution in [2.75, 3.05) is 18.0 Å². The van der Waals surface area contributed by atoms with Crippen molar-refractivity contribution in [2.24, 2.45) is 0 Å². The molecular formula is C63H68BN2. The van der Waals surface area contributed by atoms with Crippen molar-refractivity contribution in [3.63, 3.8) is 0 Å². The third-order valence-corrected chi connectivity index (χ3v) is 14.3. The average molecular weight is 864 g/mol. The SMILES string of the molecule is CCCCN1C(=CC=CC=CC2=[N+](CCCC)c3ccc4ccccc4c3C2(C)C)C(C)(C)c2c1ccc1ccccc21.[B-]CCCC(c1ccccc1)(c1ccccc1)c1ccccc1. The molecule has 0 amide bonds. The molecule has 0 aromatic heterocycles. The second-order valence-corrected chi connectivity index (χ2v) is 19.2. The van der Waals surface area contributed by atoms with E-state index in [9.17, 15) is 0 Å². The van der Waals surface area contributed by atoms with E-state index in [0.717, 1.165) is 25.9 Å². The van der Waals surface area contributed by atoms with Crippen molar-refractivity contribution < 1.29 is 4.58 Å². The highest BCUT2D eigenvalue weighted by molar-refractivity contribution is 6.08. The molecule has 0 saturated heterocycles. The van der Waals surface area contributed by atoms with Crippen LogP contribution in [0.2, 0.25) is 6.32 Å². The van der Waals surface area contributed by atoms with Crippen LogP contribution in [0.3, 0.4) is 0 Å². The van der Waals surface area contributed by atoms with Crippen LogP contribution in [0.15, 0.2) is 200 Å². The van der Waals surface area contributed by atoms with Gasteiger partial charge in [-0.05, 0) is 88.7 Å². The zero-order chi connectivity index (χ0) is 46.2. The van der Waals surface area contributed by atoms with Crippen LogP contribution in [0.4, 0.5) is 11.4 Å². The quantitative estimate of drug-likeness (QED) is 0.0431. The van der Waals surface area contributed by atoms with E-state index in [0.29, 0.717) is 6.32 Å². The zero-order valence-corrected chi connectivity index (χ0v) is 40.3. The van der Waals surface area contributed by atoms with Crippen molar-refractivity contribution in [3.05, 3.63) is 228 Å². The molecule has 7 aromatic carbocycles. The van der Waals surface area contributed by atoms with Crippen molar-refractivity contribution in [1.82, 2.24) is 0 Å². The summed E-state index contributed by atoms with van der Waals surface area (Å²) in [5.74, 6) is 0. The molecule has 3 heteroatoms. The van der Waals surface area contributed by atoms with Crippen LogP contribution < -0.4 is 4.90 Å². The van der Waals surface area contributed by atoms with E-state index in [2.05, 4.69) is 245 Å². The summed E-state index contributed by atoms with van der Waals surface area (Å²) in [6.07, 6.45) is 18.9. The maximum atomic E-state index is 5.87. The Morgan fingerprint density at radius 3 is 1.64 bits per heavy atom. The van der Waals surface area contributed by atoms with Gasteiger partial charge in [-0.2, -0.15) is 4.58 Å². The van der Waals surface area contributed by atoms with E-state index in [4.69, 9.17) is 7.85 Å². The Kier molecular flexibility index (Phi) is 14.4. The highest BCUT2D eigenvalue weighted by atomic mass is 15.2. The molecule has 0 atom stereocenters. The Hall–Kier alpha value is -6.19. The number of hydrogen-bond donors (Lipinski definition) is 0. The van der Waals surface area contributed by atoms with Crippen molar-refractivity contribution in [1.29, 1.82) is 0 Å². The second-order valence-electron chi connectivity index (χ2n) is 19.2. The van der Waals surface area contributed by atoms with Gasteiger partial charge in [0.15, 0.2) is 5.71 Å². The highest BCUT2D eigenvalue weighted by Gasteiger charge is 2.45. The number of hydrogen-bond acceptors (Lipinski definition) is 1. The Bertz CT molecular complexity index is 2770. The standard InChI is InChI=1S/C41H47N2.C22H21B/c1-7-9-28-42-34-26-24-30-18-14-16-20-32(30)38(34)40(3,4)36(42)22-12-11-13-23-37-41(5,6)39-33-21-17-15-19-31(33)25-27-35(39)43(37)29-10-8-2;23-18-10-17-22(19-11-4-1-5-12-19,20-13-6-2-7-14-20)21-15-8-3-9-16-21/h11-27H,7-10,28-29H2,1-6H3;1-9,11-16H,10,17-18H2/q+1;-1. The van der Waals surface area contributed by atoms with E-state index in [-0.39, 0.29) is 16.2 Å². The first-order valence-corrected chi connectivity index (χ1v) is 24.6. The summed E-state index contributed by atoms with van der Waals surface area (Å²) < 4.78 is 2.57. The molecule has 2 nitrogen and oxygen atoms in total. The van der Waals surface area contributed by atoms with Crippen LogP contribution in [0.5, 0.6) is 0 Å². The molecule has 2 aliphatic rings. The monoisotopic (exact) mass is 864 g/mol. The smallest absolute Gasteiger partial charge is 0.210 e. The van der Waals surface area contributed by atoms with E-state index in [1.54, 1.807) is 0 Å². The van der Waals surface area contributed by atoms with Gasteiger partial charge in [0.05, 0.1) is 5.41 Å². The largest absolute Gasteiger partial charge is 0.626 e. The predicted molar refractivity (Wildman–Crippen MR) is 286 cm³/mol. The molecule has 9 rings (SSSR count). The topological polar surface area (TPSA) is 6.25 Å². The molecule has 3 radical (unpaired) electrons. The Labute approximate surface area is 397 Å². The summed E-state index contributed by atoms with van der Waals surface area (Å²) in [6, 6.07) is 59.3. The minimum Gasteiger partial charge on any atom is -0.626 e. The van der Waals surface area contributed by atoms with Crippen molar-refractivity contribution >= 4 is 46.5 Å². The lowest BCUT2D eigenvalue weighted by Crippen LogP contribution is -2.29. The molecule has 0 unspecified atom stereocenters. The molecule has 7 aromatic rings. The first kappa shape index (κ1) is 46.3. The number of unbranched alkanes of at least 4 members (excludes halogenated alkanes) is 2. The first-order chi connectivity index (χ1) is 32.2. The van der Waals surface area contributed by atoms with Gasteiger partial charge in [0.1, 0.15) is 6.54 Å². The van der Waals surface area contributed by atoms with Gasteiger partial charge in [-0.1, -0.05) is 211 Å². The molecule has 333 valence electrons. The fourth-order valence-electron chi connectivity index (χ4n) is 11.0. The molecule has 0 spiro atoms. The van der Waals surface area contributed by atoms with Crippen LogP contribution >= 0.6 is 0 Å². The molecule has 66 heavy (non-hydrogen) atoms. The molecule has 0 N–H and O–H groups in total. The van der Waals surface area contributed by atoms with E-state index >= 15 is 0 Å². The molecule has 2 heterocycles. The van der Waals surface area contributed by atoms with Crippen LogP contribution in [0.25, 0.3) is 21.5 Å². The summed E-state index contributed by atoms with van der Waals surface area (Å²) in [5.41, 5.74) is 12.1. The number of anilines is 1. The first-order valence-electron chi connectivity index (χ1n) is 24.6. The Balaban J connectivity index is 0.000000216. The van der Waals surface area contributed by atoms with Gasteiger partial charge in [-0.3, -0.25) is 6.32 Å². The van der Waals surface area contributed by atoms with E-state index in [1.807, 2.05) is 0 Å². The number of fused-ring (bicyclic) bond motifs is 6. The normalized spacial score (nSPS) is 15.8. The summed E-state index contributed by atoms with van der Waals surface area (Å²) in [6.45, 7) is 16.2. The molecule has 0 bridgehead atoms. The van der Waals surface area contributed by atoms with Gasteiger partial charge >= 0.3 is 0 Å². The summed E-state index contributed by atoms with van der Waals surface area (Å²) >= 11 is 0. The van der Waals surface area contributed by atoms with E-state index in [1.165, 1.54) is 97.8 Å². The van der Waals surface area contributed by atoms with Crippen LogP contribution in [-0.4, -0.2) is 31.2 Å². The van der Waals surface area contributed by atoms with E-state index < -0.39 is 0 Å². The Morgan fingerprint density at radius 1 is 0.545 bits per heavy atom. The molecule has 0 saturated carbocycles. The average Bonchev–Trinajstić information content (AvgIpc) is 3.71. The summed E-state index contributed by atoms with van der Waals surface area (Å²) in [5, 5.41) is 5.39. The minimum absolute atomic E-state index is 0.0696. The zero-order valence-electron chi connectivity index (χ0n) is 40.3. The Morgan fingerprint density at radius 2 is 1.08 bits per heavy atom. The molecule has 0 aliphatic carbocycles. The molecule has 0 fully saturated rings. The number of nitrogens with zero attached hydrogens (tertiary/aromatic N) is 2. The van der Waals surface area contributed by atoms with Crippen LogP contribution in [-0.2, 0) is 16.2 Å². The molecule has 2 aliphatic heterocycles. The molecular weight excluding hydrogens is 796 g/mol. The van der Waals surface area contributed by atoms with Crippen molar-refractivity contribution in [3.8, 4) is 0 Å². The van der Waals surface area contributed by atoms with Gasteiger partial charge in [0.25, 0.3) is 0 Å². The number of benzene rings is 7. The lowest BCUT2D eigenvalue weighted by atomic mass is 9.66. The fourth-order valence-corrected chi connectivity index (χ4v) is 11.0. The van der Waals surface area contributed by atoms with Gasteiger partial charge < -0.3 is 12.7 Å². The van der Waals surface area contributed by atoms with Gasteiger partial charge in [0, 0.05) is 52.9 Å². The minimum atomic E-state index is -0.150. The van der Waals surface area contributed by atoms with Crippen LogP contribution in [0, 0.1) is 0 Å². The summed E-state index contributed by atoms with van der Waals surface area (Å²) in [7, 11) is 5.87. The third-order valence-electron chi connectivity index (χ3n) is 14.3. The van der Waals surface area contributed by atoms with Gasteiger partial charge in [0.2, 0.25) is 5.69 Å². The lowest BCUT2D eigenvalue weighted by Gasteiger charge is -2.37. The number of rotatable bonds is 15. The van der Waals surface area contributed by atoms with Gasteiger partial charge in [-0.15, -0.1) is 0 Å². The second kappa shape index (κ2) is 20.5. The maximum absolute atomic E-state index is 5.87. The van der Waals surface area contributed by atoms with Gasteiger partial charge in [-0.25, -0.2) is 0 Å². The maximum Gasteiger partial charge on any atom is 0.210 e. The summed E-state index contributed by atoms with van der Waals surface area (Å²) in [4.78, 5) is 2.57. The highest BCUT2D eigenvalue weighted by Crippen LogP contribution is 2.51. The fraction of sp³-hybridized carbons (Fsp3) is 0.286. The predicted octanol–water partition coefficient (Wildman–Crippen LogP) is 16.2.